The second kappa shape index (κ2) is 5.21. The van der Waals surface area contributed by atoms with Gasteiger partial charge in [0.2, 0.25) is 5.91 Å². The number of nitrogens with one attached hydrogen (secondary N) is 1. The van der Waals surface area contributed by atoms with Gasteiger partial charge in [0.25, 0.3) is 10.0 Å². The van der Waals surface area contributed by atoms with Crippen LogP contribution in [0, 0.1) is 6.92 Å². The van der Waals surface area contributed by atoms with Crippen molar-refractivity contribution in [2.75, 3.05) is 27.7 Å². The van der Waals surface area contributed by atoms with Gasteiger partial charge >= 0.3 is 4.87 Å². The smallest absolute Gasteiger partial charge is 0.305 e. The first kappa shape index (κ1) is 14.9. The summed E-state index contributed by atoms with van der Waals surface area (Å²) in [6.45, 7) is 1.24. The Hall–Kier alpha value is -1.19. The molecule has 1 rings (SSSR count). The van der Waals surface area contributed by atoms with Crippen molar-refractivity contribution >= 4 is 27.3 Å². The van der Waals surface area contributed by atoms with Crippen LogP contribution < -0.4 is 4.87 Å². The average Bonchev–Trinajstić information content (AvgIpc) is 2.57. The van der Waals surface area contributed by atoms with Gasteiger partial charge in [0, 0.05) is 26.8 Å². The lowest BCUT2D eigenvalue weighted by molar-refractivity contribution is -0.128. The summed E-state index contributed by atoms with van der Waals surface area (Å²) in [5, 5.41) is 0. The molecule has 9 heteroatoms. The van der Waals surface area contributed by atoms with Crippen molar-refractivity contribution in [1.29, 1.82) is 0 Å². The molecule has 1 heterocycles. The Morgan fingerprint density at radius 1 is 1.33 bits per heavy atom. The molecule has 0 atom stereocenters. The number of sulfonamides is 1. The van der Waals surface area contributed by atoms with E-state index in [9.17, 15) is 18.0 Å². The maximum absolute atomic E-state index is 12.1. The van der Waals surface area contributed by atoms with Crippen LogP contribution >= 0.6 is 11.3 Å². The molecule has 0 radical (unpaired) electrons. The van der Waals surface area contributed by atoms with E-state index < -0.39 is 14.9 Å². The highest BCUT2D eigenvalue weighted by molar-refractivity contribution is 7.91. The van der Waals surface area contributed by atoms with E-state index >= 15 is 0 Å². The van der Waals surface area contributed by atoms with Crippen LogP contribution in [-0.4, -0.2) is 56.2 Å². The van der Waals surface area contributed by atoms with Gasteiger partial charge in [-0.3, -0.25) is 9.59 Å². The summed E-state index contributed by atoms with van der Waals surface area (Å²) < 4.78 is 25.1. The SMILES string of the molecule is Cc1[nH]c(=O)sc1S(=O)(=O)N(C)CC(=O)N(C)C. The summed E-state index contributed by atoms with van der Waals surface area (Å²) >= 11 is 0.619. The minimum atomic E-state index is -3.80. The molecule has 1 amide bonds. The Balaban J connectivity index is 3.04. The number of likely N-dealkylation sites (N-methyl/N-ethyl adjacent to an activating group) is 2. The van der Waals surface area contributed by atoms with Gasteiger partial charge in [-0.1, -0.05) is 11.3 Å². The van der Waals surface area contributed by atoms with Gasteiger partial charge in [0.1, 0.15) is 0 Å². The van der Waals surface area contributed by atoms with Crippen LogP contribution in [0.5, 0.6) is 0 Å². The van der Waals surface area contributed by atoms with Crippen molar-refractivity contribution in [3.05, 3.63) is 15.4 Å². The van der Waals surface area contributed by atoms with Crippen molar-refractivity contribution < 1.29 is 13.2 Å². The van der Waals surface area contributed by atoms with Gasteiger partial charge in [-0.05, 0) is 6.92 Å². The zero-order valence-corrected chi connectivity index (χ0v) is 12.2. The van der Waals surface area contributed by atoms with Gasteiger partial charge in [0.15, 0.2) is 4.21 Å². The molecular formula is C9H15N3O4S2. The fourth-order valence-electron chi connectivity index (χ4n) is 1.19. The highest BCUT2D eigenvalue weighted by Crippen LogP contribution is 2.19. The van der Waals surface area contributed by atoms with Crippen molar-refractivity contribution in [3.8, 4) is 0 Å². The predicted octanol–water partition coefficient (Wildman–Crippen LogP) is -0.546. The lowest BCUT2D eigenvalue weighted by atomic mass is 10.5. The standard InChI is InChI=1S/C9H15N3O4S2/c1-6-8(17-9(14)10-6)18(15,16)12(4)5-7(13)11(2)3/h5H2,1-4H3,(H,10,14). The van der Waals surface area contributed by atoms with Gasteiger partial charge < -0.3 is 9.88 Å². The first-order chi connectivity index (χ1) is 8.16. The maximum Gasteiger partial charge on any atom is 0.305 e. The zero-order chi connectivity index (χ0) is 14.1. The molecule has 7 nitrogen and oxygen atoms in total. The number of rotatable bonds is 4. The Labute approximate surface area is 109 Å². The van der Waals surface area contributed by atoms with Crippen molar-refractivity contribution in [1.82, 2.24) is 14.2 Å². The van der Waals surface area contributed by atoms with Crippen LogP contribution in [-0.2, 0) is 14.8 Å². The third-order valence-electron chi connectivity index (χ3n) is 2.28. The van der Waals surface area contributed by atoms with Crippen LogP contribution in [0.3, 0.4) is 0 Å². The van der Waals surface area contributed by atoms with E-state index in [2.05, 4.69) is 4.98 Å². The molecule has 0 unspecified atom stereocenters. The molecule has 0 saturated heterocycles. The van der Waals surface area contributed by atoms with Crippen LogP contribution in [0.4, 0.5) is 0 Å². The number of hydrogen-bond donors (Lipinski definition) is 1. The average molecular weight is 293 g/mol. The number of hydrogen-bond acceptors (Lipinski definition) is 5. The molecule has 0 aliphatic rings. The molecule has 0 bridgehead atoms. The summed E-state index contributed by atoms with van der Waals surface area (Å²) in [6.07, 6.45) is 0. The quantitative estimate of drug-likeness (QED) is 0.806. The number of aromatic amines is 1. The van der Waals surface area contributed by atoms with Crippen molar-refractivity contribution in [2.24, 2.45) is 0 Å². The van der Waals surface area contributed by atoms with Crippen molar-refractivity contribution in [2.45, 2.75) is 11.1 Å². The minimum Gasteiger partial charge on any atom is -0.348 e. The van der Waals surface area contributed by atoms with Gasteiger partial charge in [0.05, 0.1) is 6.54 Å². The molecule has 0 spiro atoms. The zero-order valence-electron chi connectivity index (χ0n) is 10.6. The molecule has 1 N–H and O–H groups in total. The largest absolute Gasteiger partial charge is 0.348 e. The Morgan fingerprint density at radius 2 is 1.89 bits per heavy atom. The Kier molecular flexibility index (Phi) is 4.30. The van der Waals surface area contributed by atoms with E-state index in [1.54, 1.807) is 14.1 Å². The number of H-pyrrole nitrogens is 1. The van der Waals surface area contributed by atoms with Gasteiger partial charge in [-0.25, -0.2) is 8.42 Å². The molecule has 102 valence electrons. The lowest BCUT2D eigenvalue weighted by Gasteiger charge is -2.18. The topological polar surface area (TPSA) is 90.5 Å². The molecule has 18 heavy (non-hydrogen) atoms. The van der Waals surface area contributed by atoms with E-state index in [1.807, 2.05) is 0 Å². The van der Waals surface area contributed by atoms with Gasteiger partial charge in [-0.15, -0.1) is 0 Å². The molecule has 0 aliphatic carbocycles. The number of carbonyl (C=O) groups excluding carboxylic acids is 1. The summed E-state index contributed by atoms with van der Waals surface area (Å²) in [4.78, 5) is 25.9. The fraction of sp³-hybridized carbons (Fsp3) is 0.556. The summed E-state index contributed by atoms with van der Waals surface area (Å²) in [6, 6.07) is 0. The Bertz CT molecular complexity index is 600. The van der Waals surface area contributed by atoms with E-state index in [4.69, 9.17) is 0 Å². The molecule has 1 aromatic rings. The van der Waals surface area contributed by atoms with Crippen LogP contribution in [0.1, 0.15) is 5.69 Å². The highest BCUT2D eigenvalue weighted by Gasteiger charge is 2.27. The first-order valence-corrected chi connectivity index (χ1v) is 7.28. The number of thiazole rings is 1. The highest BCUT2D eigenvalue weighted by atomic mass is 32.2. The maximum atomic E-state index is 12.1. The number of aromatic nitrogens is 1. The number of nitrogens with zero attached hydrogens (tertiary/aromatic N) is 2. The number of amides is 1. The lowest BCUT2D eigenvalue weighted by Crippen LogP contribution is -2.37. The first-order valence-electron chi connectivity index (χ1n) is 5.02. The van der Waals surface area contributed by atoms with Crippen molar-refractivity contribution in [3.63, 3.8) is 0 Å². The molecule has 0 aromatic carbocycles. The third-order valence-corrected chi connectivity index (χ3v) is 5.67. The van der Waals surface area contributed by atoms with E-state index in [-0.39, 0.29) is 22.4 Å². The third kappa shape index (κ3) is 2.98. The second-order valence-electron chi connectivity index (χ2n) is 3.98. The molecule has 0 saturated carbocycles. The summed E-state index contributed by atoms with van der Waals surface area (Å²) in [7, 11) is 0.590. The number of carbonyl (C=O) groups is 1. The number of aryl methyl sites for hydroxylation is 1. The molecule has 0 fully saturated rings. The summed E-state index contributed by atoms with van der Waals surface area (Å²) in [5.41, 5.74) is 0.286. The predicted molar refractivity (Wildman–Crippen MR) is 68.2 cm³/mol. The summed E-state index contributed by atoms with van der Waals surface area (Å²) in [5.74, 6) is -0.332. The van der Waals surface area contributed by atoms with E-state index in [1.165, 1.54) is 18.9 Å². The molecular weight excluding hydrogens is 278 g/mol. The monoisotopic (exact) mass is 293 g/mol. The minimum absolute atomic E-state index is 0.0541. The normalized spacial score (nSPS) is 11.8. The molecule has 0 aliphatic heterocycles. The fourth-order valence-corrected chi connectivity index (χ4v) is 3.80. The Morgan fingerprint density at radius 3 is 2.28 bits per heavy atom. The van der Waals surface area contributed by atoms with Crippen LogP contribution in [0.15, 0.2) is 9.00 Å². The van der Waals surface area contributed by atoms with Crippen LogP contribution in [0.25, 0.3) is 0 Å². The van der Waals surface area contributed by atoms with Gasteiger partial charge in [-0.2, -0.15) is 4.31 Å². The second-order valence-corrected chi connectivity index (χ2v) is 7.20. The van der Waals surface area contributed by atoms with E-state index in [0.29, 0.717) is 11.3 Å². The van der Waals surface area contributed by atoms with Crippen LogP contribution in [0.2, 0.25) is 0 Å². The van der Waals surface area contributed by atoms with E-state index in [0.717, 1.165) is 4.31 Å². The molecule has 1 aromatic heterocycles.